The van der Waals surface area contributed by atoms with Crippen LogP contribution in [0.4, 0.5) is 0 Å². The van der Waals surface area contributed by atoms with Gasteiger partial charge in [-0.25, -0.2) is 0 Å². The number of rotatable bonds is 11. The lowest BCUT2D eigenvalue weighted by atomic mass is 10.1. The van der Waals surface area contributed by atoms with Crippen LogP contribution in [0.15, 0.2) is 23.1 Å². The second kappa shape index (κ2) is 11.2. The quantitative estimate of drug-likeness (QED) is 0.480. The molecule has 0 aromatic carbocycles. The fourth-order valence-electron chi connectivity index (χ4n) is 2.33. The first-order valence-electron chi connectivity index (χ1n) is 8.30. The molecule has 6 nitrogen and oxygen atoms in total. The number of carbonyl (C=O) groups is 2. The monoisotopic (exact) mass is 334 g/mol. The molecule has 0 aliphatic carbocycles. The minimum atomic E-state index is -0.724. The van der Waals surface area contributed by atoms with E-state index in [4.69, 9.17) is 5.73 Å². The molecule has 24 heavy (non-hydrogen) atoms. The van der Waals surface area contributed by atoms with Gasteiger partial charge in [-0.2, -0.15) is 0 Å². The number of primary amides is 1. The van der Waals surface area contributed by atoms with Gasteiger partial charge in [0.25, 0.3) is 5.91 Å². The van der Waals surface area contributed by atoms with Crippen molar-refractivity contribution < 1.29 is 14.3 Å². The Morgan fingerprint density at radius 2 is 1.83 bits per heavy atom. The van der Waals surface area contributed by atoms with Crippen molar-refractivity contribution in [2.75, 3.05) is 7.11 Å². The number of pyridine rings is 1. The largest absolute Gasteiger partial charge is 0.469 e. The highest BCUT2D eigenvalue weighted by atomic mass is 16.5. The van der Waals surface area contributed by atoms with E-state index in [2.05, 4.69) is 9.72 Å². The SMILES string of the molecule is COC(=O)CCCCCCCCC=Cc1cc(=O)c(C(N)=O)c[nH]1. The van der Waals surface area contributed by atoms with Crippen LogP contribution >= 0.6 is 0 Å². The van der Waals surface area contributed by atoms with E-state index in [9.17, 15) is 14.4 Å². The van der Waals surface area contributed by atoms with E-state index in [0.29, 0.717) is 12.1 Å². The van der Waals surface area contributed by atoms with E-state index in [1.54, 1.807) is 0 Å². The molecule has 132 valence electrons. The predicted octanol–water partition coefficient (Wildman–Crippen LogP) is 2.78. The summed E-state index contributed by atoms with van der Waals surface area (Å²) in [6.45, 7) is 0. The molecule has 1 amide bonds. The van der Waals surface area contributed by atoms with Gasteiger partial charge < -0.3 is 15.5 Å². The maximum absolute atomic E-state index is 11.6. The zero-order chi connectivity index (χ0) is 17.8. The number of ether oxygens (including phenoxy) is 1. The summed E-state index contributed by atoms with van der Waals surface area (Å²) in [7, 11) is 1.41. The Labute approximate surface area is 142 Å². The third-order valence-electron chi connectivity index (χ3n) is 3.73. The molecule has 3 N–H and O–H groups in total. The van der Waals surface area contributed by atoms with Gasteiger partial charge in [0.1, 0.15) is 5.56 Å². The molecule has 0 bridgehead atoms. The van der Waals surface area contributed by atoms with Crippen molar-refractivity contribution in [3.63, 3.8) is 0 Å². The zero-order valence-electron chi connectivity index (χ0n) is 14.2. The van der Waals surface area contributed by atoms with Crippen molar-refractivity contribution in [1.82, 2.24) is 4.98 Å². The van der Waals surface area contributed by atoms with E-state index < -0.39 is 5.91 Å². The predicted molar refractivity (Wildman–Crippen MR) is 93.6 cm³/mol. The fourth-order valence-corrected chi connectivity index (χ4v) is 2.33. The first-order valence-corrected chi connectivity index (χ1v) is 8.30. The second-order valence-electron chi connectivity index (χ2n) is 5.67. The Kier molecular flexibility index (Phi) is 9.19. The molecule has 1 rings (SSSR count). The third kappa shape index (κ3) is 7.76. The molecule has 1 heterocycles. The smallest absolute Gasteiger partial charge is 0.305 e. The molecule has 0 saturated carbocycles. The van der Waals surface area contributed by atoms with Gasteiger partial charge in [-0.1, -0.05) is 31.8 Å². The van der Waals surface area contributed by atoms with Gasteiger partial charge in [0.15, 0.2) is 5.43 Å². The lowest BCUT2D eigenvalue weighted by Crippen LogP contribution is -2.21. The van der Waals surface area contributed by atoms with Crippen molar-refractivity contribution in [3.05, 3.63) is 39.8 Å². The van der Waals surface area contributed by atoms with Crippen LogP contribution in [0.5, 0.6) is 0 Å². The summed E-state index contributed by atoms with van der Waals surface area (Å²) in [6, 6.07) is 1.37. The maximum atomic E-state index is 11.6. The van der Waals surface area contributed by atoms with Crippen LogP contribution in [0.1, 0.15) is 67.4 Å². The first-order chi connectivity index (χ1) is 11.5. The van der Waals surface area contributed by atoms with E-state index in [0.717, 1.165) is 44.9 Å². The molecule has 1 aromatic rings. The molecule has 0 radical (unpaired) electrons. The molecule has 0 saturated heterocycles. The third-order valence-corrected chi connectivity index (χ3v) is 3.73. The minimum Gasteiger partial charge on any atom is -0.469 e. The minimum absolute atomic E-state index is 0.0284. The van der Waals surface area contributed by atoms with Gasteiger partial charge >= 0.3 is 5.97 Å². The molecule has 0 aliphatic heterocycles. The number of unbranched alkanes of at least 4 members (excludes halogenated alkanes) is 6. The van der Waals surface area contributed by atoms with Gasteiger partial charge in [0, 0.05) is 24.4 Å². The van der Waals surface area contributed by atoms with Crippen LogP contribution in [-0.4, -0.2) is 24.0 Å². The van der Waals surface area contributed by atoms with Crippen molar-refractivity contribution >= 4 is 18.0 Å². The molecular formula is C18H26N2O4. The average Bonchev–Trinajstić information content (AvgIpc) is 2.56. The Balaban J connectivity index is 2.14. The van der Waals surface area contributed by atoms with Crippen LogP contribution in [0.25, 0.3) is 6.08 Å². The molecule has 0 unspecified atom stereocenters. The van der Waals surface area contributed by atoms with Gasteiger partial charge in [-0.3, -0.25) is 14.4 Å². The highest BCUT2D eigenvalue weighted by Crippen LogP contribution is 2.09. The summed E-state index contributed by atoms with van der Waals surface area (Å²) in [5, 5.41) is 0. The molecule has 0 atom stereocenters. The number of allylic oxidation sites excluding steroid dienone is 1. The highest BCUT2D eigenvalue weighted by molar-refractivity contribution is 5.92. The topological polar surface area (TPSA) is 102 Å². The van der Waals surface area contributed by atoms with E-state index >= 15 is 0 Å². The molecular weight excluding hydrogens is 308 g/mol. The summed E-state index contributed by atoms with van der Waals surface area (Å²) in [4.78, 5) is 36.4. The van der Waals surface area contributed by atoms with Gasteiger partial charge in [-0.15, -0.1) is 0 Å². The van der Waals surface area contributed by atoms with Crippen LogP contribution in [-0.2, 0) is 9.53 Å². The molecule has 0 aliphatic rings. The number of hydrogen-bond acceptors (Lipinski definition) is 4. The zero-order valence-corrected chi connectivity index (χ0v) is 14.2. The summed E-state index contributed by atoms with van der Waals surface area (Å²) < 4.78 is 4.59. The normalized spacial score (nSPS) is 10.9. The Morgan fingerprint density at radius 1 is 1.17 bits per heavy atom. The number of H-pyrrole nitrogens is 1. The van der Waals surface area contributed by atoms with Crippen LogP contribution in [0, 0.1) is 0 Å². The number of amides is 1. The van der Waals surface area contributed by atoms with Gasteiger partial charge in [0.05, 0.1) is 7.11 Å². The highest BCUT2D eigenvalue weighted by Gasteiger charge is 2.05. The van der Waals surface area contributed by atoms with E-state index in [-0.39, 0.29) is 17.0 Å². The first kappa shape index (κ1) is 19.7. The van der Waals surface area contributed by atoms with E-state index in [1.807, 2.05) is 12.2 Å². The molecule has 6 heteroatoms. The maximum Gasteiger partial charge on any atom is 0.305 e. The number of carbonyl (C=O) groups excluding carboxylic acids is 2. The lowest BCUT2D eigenvalue weighted by Gasteiger charge is -2.01. The Bertz CT molecular complexity index is 620. The second-order valence-corrected chi connectivity index (χ2v) is 5.67. The summed E-state index contributed by atoms with van der Waals surface area (Å²) in [5.41, 5.74) is 5.35. The van der Waals surface area contributed by atoms with Gasteiger partial charge in [0.2, 0.25) is 0 Å². The number of hydrogen-bond donors (Lipinski definition) is 2. The number of nitrogens with two attached hydrogens (primary N) is 1. The summed E-state index contributed by atoms with van der Waals surface area (Å²) >= 11 is 0. The number of aromatic nitrogens is 1. The average molecular weight is 334 g/mol. The molecule has 1 aromatic heterocycles. The number of aromatic amines is 1. The van der Waals surface area contributed by atoms with Crippen molar-refractivity contribution in [3.8, 4) is 0 Å². The van der Waals surface area contributed by atoms with Crippen molar-refractivity contribution in [1.29, 1.82) is 0 Å². The Hall–Kier alpha value is -2.37. The summed E-state index contributed by atoms with van der Waals surface area (Å²) in [5.74, 6) is -0.861. The van der Waals surface area contributed by atoms with Gasteiger partial charge in [-0.05, 0) is 25.3 Å². The van der Waals surface area contributed by atoms with Crippen molar-refractivity contribution in [2.45, 2.75) is 51.4 Å². The number of nitrogens with one attached hydrogen (secondary N) is 1. The summed E-state index contributed by atoms with van der Waals surface area (Å²) in [6.07, 6.45) is 13.1. The molecule has 0 fully saturated rings. The Morgan fingerprint density at radius 3 is 2.46 bits per heavy atom. The lowest BCUT2D eigenvalue weighted by molar-refractivity contribution is -0.140. The van der Waals surface area contributed by atoms with Crippen LogP contribution < -0.4 is 11.2 Å². The number of esters is 1. The fraction of sp³-hybridized carbons (Fsp3) is 0.500. The van der Waals surface area contributed by atoms with Crippen LogP contribution in [0.2, 0.25) is 0 Å². The van der Waals surface area contributed by atoms with Crippen LogP contribution in [0.3, 0.4) is 0 Å². The van der Waals surface area contributed by atoms with E-state index in [1.165, 1.54) is 19.4 Å². The standard InChI is InChI=1S/C18H26N2O4/c1-24-17(22)11-9-7-5-3-2-4-6-8-10-14-12-16(21)15(13-20-14)18(19)23/h8,10,12-13H,2-7,9,11H2,1H3,(H2,19,23)(H,20,21). The number of methoxy groups -OCH3 is 1. The van der Waals surface area contributed by atoms with Crippen molar-refractivity contribution in [2.24, 2.45) is 5.73 Å². The molecule has 0 spiro atoms.